The second kappa shape index (κ2) is 30.4. The predicted molar refractivity (Wildman–Crippen MR) is 314 cm³/mol. The van der Waals surface area contributed by atoms with Gasteiger partial charge in [-0.2, -0.15) is 16.8 Å². The van der Waals surface area contributed by atoms with Crippen molar-refractivity contribution < 1.29 is 78.1 Å². The standard InChI is InChI=1S/C20H16N2O6S.C15H14N2O8S.C12H9NO.C6H4ClNO4S.C2H6O2/c23-22(24)19-7-3-4-8-20(19)29(25,26)28-12-11-27-14-9-10-16-15-5-1-2-6-17(15)21-18(16)13-14;18-16(19)13-6-2-1-5-12(13)11-24-9-10-25-26(22,23)15-8-4-3-7-14(15)17(20)21;14-8-5-6-10-9-3-1-2-4-11(9)13-12(10)7-8;7-13(11,12)6-4-2-1-3-5(6)8(9)10;3-1-2-4/h1-10,13,21H,11-12H2;1-8H,9-11H2;1-7,13-14H;1-4H;3-4H,1-2H2. The summed E-state index contributed by atoms with van der Waals surface area (Å²) in [6, 6.07) is 47.7. The fourth-order valence-electron chi connectivity index (χ4n) is 7.85. The number of nitro groups is 4. The average Bonchev–Trinajstić information content (AvgIpc) is 2.21. The number of phenols is 1. The van der Waals surface area contributed by atoms with E-state index in [2.05, 4.69) is 16.0 Å². The minimum atomic E-state index is -4.33. The Morgan fingerprint density at radius 2 is 0.814 bits per heavy atom. The highest BCUT2D eigenvalue weighted by Gasteiger charge is 2.28. The molecule has 0 aliphatic rings. The molecule has 5 N–H and O–H groups in total. The number of aliphatic hydroxyl groups excluding tert-OH is 2. The summed E-state index contributed by atoms with van der Waals surface area (Å²) in [4.78, 5) is 45.3. The predicted octanol–water partition coefficient (Wildman–Crippen LogP) is 9.96. The lowest BCUT2D eigenvalue weighted by Gasteiger charge is -2.08. The van der Waals surface area contributed by atoms with E-state index in [-0.39, 0.29) is 45.3 Å². The number of hydrogen-bond acceptors (Lipinski definition) is 21. The SMILES string of the molecule is O=[N+]([O-])c1ccccc1COCCOS(=O)(=O)c1ccccc1[N+](=O)[O-].O=[N+]([O-])c1ccccc1S(=O)(=O)Cl.O=[N+]([O-])c1ccccc1S(=O)(=O)OCCOc1ccc2c(c1)[nH]c1ccccc12.OCCO.Oc1ccc2c(c1)[nH]c1ccccc12. The molecule has 0 fully saturated rings. The van der Waals surface area contributed by atoms with E-state index < -0.39 is 87.3 Å². The Kier molecular flexibility index (Phi) is 23.2. The highest BCUT2D eigenvalue weighted by atomic mass is 35.7. The van der Waals surface area contributed by atoms with Crippen LogP contribution < -0.4 is 4.74 Å². The normalized spacial score (nSPS) is 11.2. The largest absolute Gasteiger partial charge is 0.508 e. The molecule has 8 aromatic carbocycles. The average molecular weight is 1260 g/mol. The second-order valence-corrected chi connectivity index (χ2v) is 22.9. The first-order valence-electron chi connectivity index (χ1n) is 24.8. The number of phenolic OH excluding ortho intramolecular Hbond substituents is 1. The van der Waals surface area contributed by atoms with Crippen LogP contribution in [0.1, 0.15) is 5.56 Å². The van der Waals surface area contributed by atoms with Crippen LogP contribution in [0.4, 0.5) is 22.7 Å². The molecule has 2 aromatic heterocycles. The molecule has 31 heteroatoms. The molecule has 86 heavy (non-hydrogen) atoms. The number of hydrogen-bond donors (Lipinski definition) is 5. The van der Waals surface area contributed by atoms with Gasteiger partial charge in [0.05, 0.1) is 69.3 Å². The number of para-hydroxylation sites is 6. The number of aromatic hydroxyl groups is 1. The molecule has 0 amide bonds. The summed E-state index contributed by atoms with van der Waals surface area (Å²) in [5, 5.41) is 72.2. The van der Waals surface area contributed by atoms with Crippen molar-refractivity contribution in [1.82, 2.24) is 9.97 Å². The van der Waals surface area contributed by atoms with E-state index in [0.717, 1.165) is 74.6 Å². The number of rotatable bonds is 19. The van der Waals surface area contributed by atoms with Gasteiger partial charge in [0.2, 0.25) is 0 Å². The van der Waals surface area contributed by atoms with Crippen molar-refractivity contribution in [2.24, 2.45) is 0 Å². The van der Waals surface area contributed by atoms with Crippen LogP contribution in [0.2, 0.25) is 0 Å². The number of fused-ring (bicyclic) bond motifs is 6. The zero-order chi connectivity index (χ0) is 62.6. The van der Waals surface area contributed by atoms with E-state index >= 15 is 0 Å². The van der Waals surface area contributed by atoms with Crippen LogP contribution in [0.3, 0.4) is 0 Å². The lowest BCUT2D eigenvalue weighted by molar-refractivity contribution is -0.388. The first-order chi connectivity index (χ1) is 41.0. The summed E-state index contributed by atoms with van der Waals surface area (Å²) >= 11 is 0. The zero-order valence-electron chi connectivity index (χ0n) is 44.4. The Hall–Kier alpha value is -9.50. The van der Waals surface area contributed by atoms with Gasteiger partial charge in [-0.25, -0.2) is 8.42 Å². The maximum atomic E-state index is 12.3. The molecule has 0 saturated carbocycles. The molecule has 10 aromatic rings. The van der Waals surface area contributed by atoms with Crippen LogP contribution >= 0.6 is 10.7 Å². The molecular formula is C55H49ClN6O21S3. The van der Waals surface area contributed by atoms with E-state index in [4.69, 9.17) is 38.7 Å². The Morgan fingerprint density at radius 1 is 0.430 bits per heavy atom. The van der Waals surface area contributed by atoms with Crippen LogP contribution in [0, 0.1) is 40.5 Å². The molecule has 2 heterocycles. The molecule has 10 rings (SSSR count). The molecule has 0 bridgehead atoms. The van der Waals surface area contributed by atoms with Crippen LogP contribution in [0.15, 0.2) is 197 Å². The van der Waals surface area contributed by atoms with E-state index in [0.29, 0.717) is 17.1 Å². The van der Waals surface area contributed by atoms with Gasteiger partial charge < -0.3 is 34.8 Å². The van der Waals surface area contributed by atoms with Crippen LogP contribution in [0.5, 0.6) is 11.5 Å². The third-order valence-corrected chi connectivity index (χ3v) is 15.6. The first kappa shape index (κ1) is 65.7. The van der Waals surface area contributed by atoms with Crippen molar-refractivity contribution in [3.63, 3.8) is 0 Å². The zero-order valence-corrected chi connectivity index (χ0v) is 47.6. The van der Waals surface area contributed by atoms with Crippen molar-refractivity contribution in [2.75, 3.05) is 39.6 Å². The van der Waals surface area contributed by atoms with Gasteiger partial charge in [0.25, 0.3) is 31.8 Å². The molecule has 0 aliphatic heterocycles. The maximum absolute atomic E-state index is 12.3. The number of nitrogens with zero attached hydrogens (tertiary/aromatic N) is 4. The molecule has 0 atom stereocenters. The van der Waals surface area contributed by atoms with E-state index in [1.54, 1.807) is 24.3 Å². The van der Waals surface area contributed by atoms with E-state index in [1.807, 2.05) is 60.7 Å². The first-order valence-corrected chi connectivity index (χ1v) is 29.9. The van der Waals surface area contributed by atoms with Gasteiger partial charge in [-0.1, -0.05) is 84.9 Å². The van der Waals surface area contributed by atoms with Gasteiger partial charge in [0, 0.05) is 79.7 Å². The van der Waals surface area contributed by atoms with Gasteiger partial charge >= 0.3 is 20.2 Å². The Labute approximate surface area is 492 Å². The number of halogens is 1. The molecule has 0 saturated heterocycles. The second-order valence-electron chi connectivity index (χ2n) is 17.2. The Balaban J connectivity index is 0.000000188. The van der Waals surface area contributed by atoms with E-state index in [9.17, 15) is 70.8 Å². The molecule has 0 radical (unpaired) electrons. The number of aromatic amines is 2. The fraction of sp³-hybridized carbons (Fsp3) is 0.127. The number of benzene rings is 8. The summed E-state index contributed by atoms with van der Waals surface area (Å²) in [5.74, 6) is 0.847. The number of H-pyrrole nitrogens is 2. The fourth-order valence-corrected chi connectivity index (χ4v) is 11.0. The number of ether oxygens (including phenoxy) is 2. The van der Waals surface area contributed by atoms with Crippen molar-refractivity contribution in [3.8, 4) is 11.5 Å². The van der Waals surface area contributed by atoms with E-state index in [1.165, 1.54) is 60.0 Å². The summed E-state index contributed by atoms with van der Waals surface area (Å²) in [7, 11) is -7.68. The van der Waals surface area contributed by atoms with Crippen molar-refractivity contribution in [3.05, 3.63) is 228 Å². The smallest absolute Gasteiger partial charge is 0.303 e. The number of nitrogens with one attached hydrogen (secondary N) is 2. The van der Waals surface area contributed by atoms with Crippen molar-refractivity contribution in [2.45, 2.75) is 21.3 Å². The Bertz CT molecular complexity index is 4390. The molecule has 0 aliphatic carbocycles. The topological polar surface area (TPSA) is 404 Å². The molecule has 27 nitrogen and oxygen atoms in total. The lowest BCUT2D eigenvalue weighted by atomic mass is 10.1. The molecule has 0 spiro atoms. The Morgan fingerprint density at radius 3 is 1.28 bits per heavy atom. The van der Waals surface area contributed by atoms with Crippen molar-refractivity contribution in [1.29, 1.82) is 0 Å². The minimum Gasteiger partial charge on any atom is -0.508 e. The quantitative estimate of drug-likeness (QED) is 0.0165. The molecule has 450 valence electrons. The lowest BCUT2D eigenvalue weighted by Crippen LogP contribution is -2.14. The van der Waals surface area contributed by atoms with Crippen LogP contribution in [0.25, 0.3) is 43.6 Å². The van der Waals surface area contributed by atoms with Gasteiger partial charge in [0.15, 0.2) is 14.7 Å². The van der Waals surface area contributed by atoms with Gasteiger partial charge in [-0.3, -0.25) is 48.8 Å². The highest BCUT2D eigenvalue weighted by molar-refractivity contribution is 8.13. The summed E-state index contributed by atoms with van der Waals surface area (Å²) in [5.41, 5.74) is 2.58. The number of aromatic nitrogens is 2. The summed E-state index contributed by atoms with van der Waals surface area (Å²) < 4.78 is 90.7. The van der Waals surface area contributed by atoms with Gasteiger partial charge in [-0.05, 0) is 60.7 Å². The van der Waals surface area contributed by atoms with Gasteiger partial charge in [0.1, 0.15) is 24.7 Å². The number of nitro benzene ring substituents is 4. The number of aliphatic hydroxyl groups is 2. The van der Waals surface area contributed by atoms with Crippen molar-refractivity contribution >= 4 is 106 Å². The third kappa shape index (κ3) is 17.8. The van der Waals surface area contributed by atoms with Crippen LogP contribution in [-0.4, -0.2) is 110 Å². The summed E-state index contributed by atoms with van der Waals surface area (Å²) in [6.07, 6.45) is 0. The maximum Gasteiger partial charge on any atom is 0.303 e. The third-order valence-electron chi connectivity index (χ3n) is 11.6. The monoisotopic (exact) mass is 1260 g/mol. The minimum absolute atomic E-state index is 0.0361. The highest BCUT2D eigenvalue weighted by Crippen LogP contribution is 2.31. The van der Waals surface area contributed by atoms with Gasteiger partial charge in [-0.15, -0.1) is 0 Å². The van der Waals surface area contributed by atoms with Crippen LogP contribution in [-0.2, 0) is 49.0 Å². The molecule has 0 unspecified atom stereocenters. The summed E-state index contributed by atoms with van der Waals surface area (Å²) in [6.45, 7) is -1.24. The molecular weight excluding hydrogens is 1210 g/mol.